The van der Waals surface area contributed by atoms with Crippen LogP contribution in [-0.4, -0.2) is 42.6 Å². The Morgan fingerprint density at radius 3 is 2.43 bits per heavy atom. The Bertz CT molecular complexity index is 872. The minimum atomic E-state index is -1.21. The van der Waals surface area contributed by atoms with Gasteiger partial charge in [0.1, 0.15) is 31.0 Å². The molecule has 2 aromatic carbocycles. The van der Waals surface area contributed by atoms with Gasteiger partial charge in [-0.05, 0) is 36.8 Å². The lowest BCUT2D eigenvalue weighted by Gasteiger charge is -2.21. The van der Waals surface area contributed by atoms with Crippen LogP contribution in [0.4, 0.5) is 4.79 Å². The molecule has 7 nitrogen and oxygen atoms in total. The number of nitrogens with zero attached hydrogens (tertiary/aromatic N) is 1. The molecule has 0 saturated carbocycles. The van der Waals surface area contributed by atoms with Crippen LogP contribution in [0.15, 0.2) is 54.6 Å². The minimum absolute atomic E-state index is 0.0128. The molecule has 0 spiro atoms. The second-order valence-electron chi connectivity index (χ2n) is 6.34. The molecule has 0 bridgehead atoms. The number of amides is 3. The van der Waals surface area contributed by atoms with Crippen LogP contribution in [-0.2, 0) is 19.9 Å². The van der Waals surface area contributed by atoms with Gasteiger partial charge in [0.2, 0.25) is 0 Å². The van der Waals surface area contributed by atoms with Crippen LogP contribution in [0.3, 0.4) is 0 Å². The highest BCUT2D eigenvalue weighted by molar-refractivity contribution is 6.30. The molecule has 0 aliphatic carbocycles. The molecule has 1 fully saturated rings. The van der Waals surface area contributed by atoms with Crippen molar-refractivity contribution < 1.29 is 23.9 Å². The molecule has 1 heterocycles. The highest BCUT2D eigenvalue weighted by Crippen LogP contribution is 2.28. The summed E-state index contributed by atoms with van der Waals surface area (Å²) >= 11 is 5.79. The molecule has 1 aliphatic rings. The number of hydrogen-bond acceptors (Lipinski definition) is 5. The number of halogens is 1. The summed E-state index contributed by atoms with van der Waals surface area (Å²) in [6.07, 6.45) is 0. The number of nitrogens with one attached hydrogen (secondary N) is 1. The summed E-state index contributed by atoms with van der Waals surface area (Å²) < 4.78 is 10.5. The van der Waals surface area contributed by atoms with E-state index in [-0.39, 0.29) is 13.2 Å². The van der Waals surface area contributed by atoms with E-state index in [1.807, 2.05) is 6.07 Å². The Morgan fingerprint density at radius 1 is 1.07 bits per heavy atom. The summed E-state index contributed by atoms with van der Waals surface area (Å²) in [4.78, 5) is 37.8. The largest absolute Gasteiger partial charge is 0.490 e. The average Bonchev–Trinajstić information content (AvgIpc) is 2.91. The lowest BCUT2D eigenvalue weighted by atomic mass is 9.92. The molecule has 1 N–H and O–H groups in total. The topological polar surface area (TPSA) is 84.9 Å². The van der Waals surface area contributed by atoms with Gasteiger partial charge in [0.25, 0.3) is 5.91 Å². The standard InChI is InChI=1S/C20H19ClN2O5/c1-20(14-5-3-2-4-6-14)18(25)23(19(26)22-20)13-17(24)28-12-11-27-16-9-7-15(21)8-10-16/h2-10H,11-13H2,1H3,(H,22,26)/t20-/m0/s1. The van der Waals surface area contributed by atoms with E-state index in [1.165, 1.54) is 0 Å². The van der Waals surface area contributed by atoms with E-state index >= 15 is 0 Å². The van der Waals surface area contributed by atoms with E-state index in [2.05, 4.69) is 5.32 Å². The summed E-state index contributed by atoms with van der Waals surface area (Å²) in [5.74, 6) is -0.605. The average molecular weight is 403 g/mol. The first-order chi connectivity index (χ1) is 13.4. The molecule has 1 atom stereocenters. The lowest BCUT2D eigenvalue weighted by Crippen LogP contribution is -2.41. The third-order valence-corrected chi connectivity index (χ3v) is 4.59. The highest BCUT2D eigenvalue weighted by atomic mass is 35.5. The highest BCUT2D eigenvalue weighted by Gasteiger charge is 2.49. The Kier molecular flexibility index (Phi) is 5.84. The second-order valence-corrected chi connectivity index (χ2v) is 6.77. The fraction of sp³-hybridized carbons (Fsp3) is 0.250. The van der Waals surface area contributed by atoms with E-state index < -0.39 is 30.0 Å². The van der Waals surface area contributed by atoms with Gasteiger partial charge in [-0.15, -0.1) is 0 Å². The van der Waals surface area contributed by atoms with Gasteiger partial charge in [0.15, 0.2) is 0 Å². The number of imide groups is 1. The molecule has 0 aromatic heterocycles. The predicted octanol–water partition coefficient (Wildman–Crippen LogP) is 2.73. The quantitative estimate of drug-likeness (QED) is 0.437. The van der Waals surface area contributed by atoms with Crippen LogP contribution in [0.25, 0.3) is 0 Å². The van der Waals surface area contributed by atoms with Crippen LogP contribution < -0.4 is 10.1 Å². The van der Waals surface area contributed by atoms with Gasteiger partial charge >= 0.3 is 12.0 Å². The molecule has 3 rings (SSSR count). The molecule has 1 aliphatic heterocycles. The Hall–Kier alpha value is -3.06. The van der Waals surface area contributed by atoms with Crippen LogP contribution in [0.2, 0.25) is 5.02 Å². The number of carbonyl (C=O) groups excluding carboxylic acids is 3. The van der Waals surface area contributed by atoms with E-state index in [9.17, 15) is 14.4 Å². The fourth-order valence-electron chi connectivity index (χ4n) is 2.83. The van der Waals surface area contributed by atoms with Crippen molar-refractivity contribution in [1.29, 1.82) is 0 Å². The first-order valence-corrected chi connectivity index (χ1v) is 9.01. The van der Waals surface area contributed by atoms with Crippen LogP contribution in [0, 0.1) is 0 Å². The molecule has 1 saturated heterocycles. The molecule has 3 amide bonds. The van der Waals surface area contributed by atoms with E-state index in [4.69, 9.17) is 21.1 Å². The van der Waals surface area contributed by atoms with Gasteiger partial charge < -0.3 is 14.8 Å². The van der Waals surface area contributed by atoms with Crippen molar-refractivity contribution in [2.45, 2.75) is 12.5 Å². The maximum Gasteiger partial charge on any atom is 0.326 e. The maximum atomic E-state index is 12.7. The molecule has 0 radical (unpaired) electrons. The zero-order valence-electron chi connectivity index (χ0n) is 15.2. The first-order valence-electron chi connectivity index (χ1n) is 8.64. The first kappa shape index (κ1) is 19.7. The predicted molar refractivity (Wildman–Crippen MR) is 102 cm³/mol. The third-order valence-electron chi connectivity index (χ3n) is 4.34. The number of ether oxygens (including phenoxy) is 2. The molecular weight excluding hydrogens is 384 g/mol. The number of esters is 1. The minimum Gasteiger partial charge on any atom is -0.490 e. The number of benzene rings is 2. The van der Waals surface area contributed by atoms with Gasteiger partial charge in [-0.1, -0.05) is 41.9 Å². The molecule has 146 valence electrons. The van der Waals surface area contributed by atoms with Gasteiger partial charge in [0, 0.05) is 5.02 Å². The van der Waals surface area contributed by atoms with Crippen molar-refractivity contribution >= 4 is 29.5 Å². The zero-order valence-corrected chi connectivity index (χ0v) is 15.9. The Labute approximate surface area is 167 Å². The summed E-state index contributed by atoms with van der Waals surface area (Å²) in [7, 11) is 0. The van der Waals surface area contributed by atoms with Gasteiger partial charge in [-0.3, -0.25) is 14.5 Å². The summed E-state index contributed by atoms with van der Waals surface area (Å²) in [6.45, 7) is 1.26. The van der Waals surface area contributed by atoms with Crippen molar-refractivity contribution in [2.75, 3.05) is 19.8 Å². The van der Waals surface area contributed by atoms with E-state index in [0.717, 1.165) is 4.90 Å². The van der Waals surface area contributed by atoms with Crippen LogP contribution in [0.5, 0.6) is 5.75 Å². The molecule has 28 heavy (non-hydrogen) atoms. The van der Waals surface area contributed by atoms with Gasteiger partial charge in [0.05, 0.1) is 0 Å². The normalized spacial score (nSPS) is 18.7. The van der Waals surface area contributed by atoms with Gasteiger partial charge in [-0.2, -0.15) is 0 Å². The van der Waals surface area contributed by atoms with Crippen molar-refractivity contribution in [1.82, 2.24) is 10.2 Å². The van der Waals surface area contributed by atoms with Crippen LogP contribution >= 0.6 is 11.6 Å². The van der Waals surface area contributed by atoms with Crippen molar-refractivity contribution in [3.63, 3.8) is 0 Å². The lowest BCUT2D eigenvalue weighted by molar-refractivity contribution is -0.148. The van der Waals surface area contributed by atoms with E-state index in [1.54, 1.807) is 55.5 Å². The second kappa shape index (κ2) is 8.31. The van der Waals surface area contributed by atoms with Crippen molar-refractivity contribution in [3.8, 4) is 5.75 Å². The van der Waals surface area contributed by atoms with Crippen molar-refractivity contribution in [3.05, 3.63) is 65.2 Å². The Morgan fingerprint density at radius 2 is 1.75 bits per heavy atom. The molecule has 2 aromatic rings. The van der Waals surface area contributed by atoms with Crippen molar-refractivity contribution in [2.24, 2.45) is 0 Å². The zero-order chi connectivity index (χ0) is 20.1. The monoisotopic (exact) mass is 402 g/mol. The van der Waals surface area contributed by atoms with Crippen LogP contribution in [0.1, 0.15) is 12.5 Å². The summed E-state index contributed by atoms with van der Waals surface area (Å²) in [5, 5.41) is 3.23. The SMILES string of the molecule is C[C@@]1(c2ccccc2)NC(=O)N(CC(=O)OCCOc2ccc(Cl)cc2)C1=O. The van der Waals surface area contributed by atoms with E-state index in [0.29, 0.717) is 16.3 Å². The number of urea groups is 1. The fourth-order valence-corrected chi connectivity index (χ4v) is 2.95. The smallest absolute Gasteiger partial charge is 0.326 e. The third kappa shape index (κ3) is 4.26. The maximum absolute atomic E-state index is 12.7. The summed E-state index contributed by atoms with van der Waals surface area (Å²) in [6, 6.07) is 15.0. The molecular formula is C20H19ClN2O5. The Balaban J connectivity index is 1.50. The number of carbonyl (C=O) groups is 3. The number of hydrogen-bond donors (Lipinski definition) is 1. The van der Waals surface area contributed by atoms with Gasteiger partial charge in [-0.25, -0.2) is 4.79 Å². The molecule has 8 heteroatoms. The summed E-state index contributed by atoms with van der Waals surface area (Å²) in [5.41, 5.74) is -0.573. The number of rotatable bonds is 7. The molecule has 0 unspecified atom stereocenters.